The summed E-state index contributed by atoms with van der Waals surface area (Å²) in [6.07, 6.45) is 13.5. The number of aryl methyl sites for hydroxylation is 1. The van der Waals surface area contributed by atoms with Gasteiger partial charge >= 0.3 is 6.01 Å². The van der Waals surface area contributed by atoms with Crippen LogP contribution in [0.5, 0.6) is 6.01 Å². The second kappa shape index (κ2) is 10.9. The first-order chi connectivity index (χ1) is 23.3. The average Bonchev–Trinajstić information content (AvgIpc) is 3.84. The fourth-order valence-electron chi connectivity index (χ4n) is 8.82. The van der Waals surface area contributed by atoms with Gasteiger partial charge in [0.15, 0.2) is 0 Å². The van der Waals surface area contributed by atoms with Gasteiger partial charge in [-0.3, -0.25) is 9.58 Å². The zero-order chi connectivity index (χ0) is 32.7. The Kier molecular flexibility index (Phi) is 6.65. The summed E-state index contributed by atoms with van der Waals surface area (Å²) in [6, 6.07) is 9.74. The number of terminal acetylenes is 1. The topological polar surface area (TPSA) is 97.4 Å². The van der Waals surface area contributed by atoms with Crippen molar-refractivity contribution in [1.29, 1.82) is 0 Å². The van der Waals surface area contributed by atoms with Crippen LogP contribution in [0.4, 0.5) is 20.3 Å². The van der Waals surface area contributed by atoms with E-state index in [-0.39, 0.29) is 17.1 Å². The van der Waals surface area contributed by atoms with Gasteiger partial charge in [-0.1, -0.05) is 12.0 Å². The van der Waals surface area contributed by atoms with E-state index >= 15 is 4.39 Å². The summed E-state index contributed by atoms with van der Waals surface area (Å²) >= 11 is 0. The highest BCUT2D eigenvalue weighted by Crippen LogP contribution is 2.44. The third-order valence-corrected chi connectivity index (χ3v) is 10.9. The molecule has 2 bridgehead atoms. The zero-order valence-electron chi connectivity index (χ0n) is 26.8. The summed E-state index contributed by atoms with van der Waals surface area (Å²) in [7, 11) is 1.89. The van der Waals surface area contributed by atoms with E-state index in [0.29, 0.717) is 53.8 Å². The highest BCUT2D eigenvalue weighted by atomic mass is 19.1. The molecular formula is C37H36F2N8O. The molecule has 0 spiro atoms. The SMILES string of the molecule is C#Cc1c(F)ccc2cc(N)cc(-c3cc4nc(OC[C@@]56CCCN5C/C(=C\F)C6)nc(N5C[C@H]6CC[C@@H](C5)N6)c4c4cn(C)nc34)c12. The van der Waals surface area contributed by atoms with Gasteiger partial charge in [0.05, 0.1) is 28.3 Å². The summed E-state index contributed by atoms with van der Waals surface area (Å²) in [5.41, 5.74) is 10.5. The molecule has 9 rings (SSSR count). The summed E-state index contributed by atoms with van der Waals surface area (Å²) < 4.78 is 37.1. The molecule has 4 aliphatic heterocycles. The first kappa shape index (κ1) is 29.4. The minimum atomic E-state index is -0.472. The molecule has 9 nitrogen and oxygen atoms in total. The number of nitrogens with two attached hydrogens (primary N) is 1. The third kappa shape index (κ3) is 4.54. The lowest BCUT2D eigenvalue weighted by atomic mass is 9.91. The van der Waals surface area contributed by atoms with Gasteiger partial charge in [-0.2, -0.15) is 15.1 Å². The maximum absolute atomic E-state index is 15.2. The molecule has 3 N–H and O–H groups in total. The number of nitrogen functional groups attached to an aromatic ring is 1. The molecule has 0 unspecified atom stereocenters. The van der Waals surface area contributed by atoms with Crippen LogP contribution in [0.3, 0.4) is 0 Å². The molecule has 0 aliphatic carbocycles. The van der Waals surface area contributed by atoms with Crippen LogP contribution in [0.2, 0.25) is 0 Å². The Hall–Kier alpha value is -4.79. The summed E-state index contributed by atoms with van der Waals surface area (Å²) in [5, 5.41) is 11.7. The monoisotopic (exact) mass is 646 g/mol. The molecule has 244 valence electrons. The molecule has 4 fully saturated rings. The summed E-state index contributed by atoms with van der Waals surface area (Å²) in [4.78, 5) is 14.8. The van der Waals surface area contributed by atoms with E-state index in [1.165, 1.54) is 6.07 Å². The zero-order valence-corrected chi connectivity index (χ0v) is 26.8. The highest BCUT2D eigenvalue weighted by Gasteiger charge is 2.47. The molecule has 11 heteroatoms. The van der Waals surface area contributed by atoms with Crippen LogP contribution < -0.4 is 20.7 Å². The van der Waals surface area contributed by atoms with Crippen molar-refractivity contribution in [3.63, 3.8) is 0 Å². The van der Waals surface area contributed by atoms with Crippen molar-refractivity contribution >= 4 is 44.1 Å². The number of hydrogen-bond acceptors (Lipinski definition) is 8. The van der Waals surface area contributed by atoms with Crippen LogP contribution in [-0.2, 0) is 7.05 Å². The average molecular weight is 647 g/mol. The third-order valence-electron chi connectivity index (χ3n) is 10.9. The predicted octanol–water partition coefficient (Wildman–Crippen LogP) is 5.45. The molecule has 2 aromatic heterocycles. The Bertz CT molecular complexity index is 2210. The van der Waals surface area contributed by atoms with E-state index in [4.69, 9.17) is 32.0 Å². The molecule has 3 aromatic carbocycles. The van der Waals surface area contributed by atoms with Crippen molar-refractivity contribution in [2.75, 3.05) is 43.4 Å². The van der Waals surface area contributed by atoms with Crippen molar-refractivity contribution in [2.24, 2.45) is 7.05 Å². The van der Waals surface area contributed by atoms with E-state index < -0.39 is 5.82 Å². The lowest BCUT2D eigenvalue weighted by molar-refractivity contribution is 0.108. The number of fused-ring (bicyclic) bond motifs is 7. The molecule has 0 amide bonds. The Morgan fingerprint density at radius 1 is 1.15 bits per heavy atom. The van der Waals surface area contributed by atoms with Crippen molar-refractivity contribution in [3.8, 4) is 29.5 Å². The maximum Gasteiger partial charge on any atom is 0.319 e. The van der Waals surface area contributed by atoms with Crippen molar-refractivity contribution in [2.45, 2.75) is 49.7 Å². The van der Waals surface area contributed by atoms with Gasteiger partial charge in [-0.05, 0) is 79.4 Å². The first-order valence-electron chi connectivity index (χ1n) is 16.7. The normalized spacial score (nSPS) is 24.7. The van der Waals surface area contributed by atoms with E-state index in [1.807, 2.05) is 25.4 Å². The number of rotatable bonds is 5. The lowest BCUT2D eigenvalue weighted by Gasteiger charge is -2.35. The first-order valence-corrected chi connectivity index (χ1v) is 16.7. The van der Waals surface area contributed by atoms with Gasteiger partial charge < -0.3 is 20.7 Å². The molecule has 5 aromatic rings. The number of benzene rings is 3. The molecule has 4 aliphatic rings. The lowest BCUT2D eigenvalue weighted by Crippen LogP contribution is -2.51. The van der Waals surface area contributed by atoms with Crippen LogP contribution in [0, 0.1) is 18.2 Å². The smallest absolute Gasteiger partial charge is 0.319 e. The molecule has 4 saturated heterocycles. The summed E-state index contributed by atoms with van der Waals surface area (Å²) in [5.74, 6) is 2.91. The van der Waals surface area contributed by atoms with Gasteiger partial charge in [0.25, 0.3) is 0 Å². The van der Waals surface area contributed by atoms with Gasteiger partial charge in [0.1, 0.15) is 23.8 Å². The second-order valence-electron chi connectivity index (χ2n) is 14.0. The van der Waals surface area contributed by atoms with Crippen molar-refractivity contribution in [3.05, 3.63) is 59.8 Å². The summed E-state index contributed by atoms with van der Waals surface area (Å²) in [6.45, 7) is 3.56. The number of piperazine rings is 1. The number of hydrogen-bond donors (Lipinski definition) is 2. The fourth-order valence-corrected chi connectivity index (χ4v) is 8.82. The van der Waals surface area contributed by atoms with Crippen LogP contribution >= 0.6 is 0 Å². The Morgan fingerprint density at radius 3 is 2.77 bits per heavy atom. The van der Waals surface area contributed by atoms with Crippen LogP contribution in [-0.4, -0.2) is 75.1 Å². The molecule has 48 heavy (non-hydrogen) atoms. The van der Waals surface area contributed by atoms with Gasteiger partial charge in [-0.25, -0.2) is 8.78 Å². The van der Waals surface area contributed by atoms with Crippen molar-refractivity contribution in [1.82, 2.24) is 30.0 Å². The van der Waals surface area contributed by atoms with Crippen LogP contribution in [0.1, 0.15) is 37.7 Å². The minimum absolute atomic E-state index is 0.175. The fraction of sp³-hybridized carbons (Fsp3) is 0.378. The predicted molar refractivity (Wildman–Crippen MR) is 184 cm³/mol. The Labute approximate surface area is 276 Å². The second-order valence-corrected chi connectivity index (χ2v) is 14.0. The Morgan fingerprint density at radius 2 is 1.98 bits per heavy atom. The number of ether oxygens (including phenoxy) is 1. The quantitative estimate of drug-likeness (QED) is 0.192. The standard InChI is InChI=1S/C37H36F2N8O/c1-3-26-30(39)8-5-22-11-23(40)12-27(32(22)26)28-13-31-33(29-19-45(2)44-34(28)29)35(46-17-24-6-7-25(18-46)41-24)43-36(42-31)48-20-37-9-4-10-47(37)16-21(14-37)15-38/h1,5,8,11-13,15,19,24-25,41H,4,6-7,9-10,14,16-18,20,40H2,2H3/b21-15-/t24-,25+,37-/m0/s1. The number of anilines is 2. The maximum atomic E-state index is 15.2. The van der Waals surface area contributed by atoms with Gasteiger partial charge in [0.2, 0.25) is 0 Å². The molecule has 0 radical (unpaired) electrons. The van der Waals surface area contributed by atoms with Crippen LogP contribution in [0.15, 0.2) is 48.4 Å². The molecule has 3 atom stereocenters. The number of halogens is 2. The van der Waals surface area contributed by atoms with E-state index in [0.717, 1.165) is 90.3 Å². The number of nitrogens with zero attached hydrogens (tertiary/aromatic N) is 6. The molecular weight excluding hydrogens is 610 g/mol. The van der Waals surface area contributed by atoms with Crippen molar-refractivity contribution < 1.29 is 13.5 Å². The number of aromatic nitrogens is 4. The molecule has 0 saturated carbocycles. The van der Waals surface area contributed by atoms with Gasteiger partial charge in [0, 0.05) is 67.0 Å². The van der Waals surface area contributed by atoms with E-state index in [1.54, 1.807) is 16.8 Å². The van der Waals surface area contributed by atoms with Crippen LogP contribution in [0.25, 0.3) is 43.7 Å². The van der Waals surface area contributed by atoms with Gasteiger partial charge in [-0.15, -0.1) is 6.42 Å². The highest BCUT2D eigenvalue weighted by molar-refractivity contribution is 6.18. The Balaban J connectivity index is 1.26. The van der Waals surface area contributed by atoms with E-state index in [9.17, 15) is 4.39 Å². The number of nitrogens with one attached hydrogen (secondary N) is 1. The van der Waals surface area contributed by atoms with E-state index in [2.05, 4.69) is 21.0 Å². The minimum Gasteiger partial charge on any atom is -0.461 e. The molecule has 6 heterocycles. The largest absolute Gasteiger partial charge is 0.461 e.